The predicted octanol–water partition coefficient (Wildman–Crippen LogP) is 5.20. The molecule has 6 atom stereocenters. The third-order valence-corrected chi connectivity index (χ3v) is 8.88. The van der Waals surface area contributed by atoms with Gasteiger partial charge in [0.1, 0.15) is 0 Å². The van der Waals surface area contributed by atoms with Gasteiger partial charge in [0.05, 0.1) is 5.60 Å². The zero-order valence-corrected chi connectivity index (χ0v) is 17.0. The lowest BCUT2D eigenvalue weighted by atomic mass is 9.46. The van der Waals surface area contributed by atoms with Crippen molar-refractivity contribution in [2.45, 2.75) is 70.8 Å². The van der Waals surface area contributed by atoms with Gasteiger partial charge in [-0.05, 0) is 84.3 Å². The predicted molar refractivity (Wildman–Crippen MR) is 105 cm³/mol. The van der Waals surface area contributed by atoms with Gasteiger partial charge in [-0.2, -0.15) is 0 Å². The summed E-state index contributed by atoms with van der Waals surface area (Å²) in [6, 6.07) is 0. The Balaban J connectivity index is 1.68. The summed E-state index contributed by atoms with van der Waals surface area (Å²) in [6.45, 7) is 4.77. The average Bonchev–Trinajstić information content (AvgIpc) is 2.80. The highest BCUT2D eigenvalue weighted by Crippen LogP contribution is 2.67. The molecule has 3 heteroatoms. The maximum atomic E-state index is 11.9. The summed E-state index contributed by atoms with van der Waals surface area (Å²) in [4.78, 5) is 11.9. The molecule has 2 nitrogen and oxygen atoms in total. The molecule has 0 aliphatic heterocycles. The van der Waals surface area contributed by atoms with Crippen LogP contribution >= 0.6 is 22.6 Å². The molecule has 24 heavy (non-hydrogen) atoms. The second kappa shape index (κ2) is 5.67. The second-order valence-corrected chi connectivity index (χ2v) is 9.90. The molecule has 0 saturated heterocycles. The minimum atomic E-state index is -0.622. The van der Waals surface area contributed by atoms with Gasteiger partial charge in [0.15, 0.2) is 5.78 Å². The molecule has 0 aromatic rings. The van der Waals surface area contributed by atoms with Crippen molar-refractivity contribution in [3.05, 3.63) is 21.8 Å². The summed E-state index contributed by atoms with van der Waals surface area (Å²) in [5.74, 6) is 2.39. The van der Waals surface area contributed by atoms with E-state index in [9.17, 15) is 9.90 Å². The Kier molecular flexibility index (Phi) is 4.08. The molecule has 3 fully saturated rings. The summed E-state index contributed by atoms with van der Waals surface area (Å²) in [6.07, 6.45) is 12.5. The van der Waals surface area contributed by atoms with Crippen LogP contribution in [0.3, 0.4) is 0 Å². The van der Waals surface area contributed by atoms with Crippen LogP contribution in [-0.2, 0) is 4.79 Å². The van der Waals surface area contributed by atoms with Crippen molar-refractivity contribution >= 4 is 28.4 Å². The zero-order valence-electron chi connectivity index (χ0n) is 14.9. The summed E-state index contributed by atoms with van der Waals surface area (Å²) >= 11 is 2.24. The van der Waals surface area contributed by atoms with Crippen molar-refractivity contribution in [3.63, 3.8) is 0 Å². The number of carbonyl (C=O) groups excluding carboxylic acids is 1. The number of ketones is 1. The van der Waals surface area contributed by atoms with E-state index in [1.165, 1.54) is 18.4 Å². The summed E-state index contributed by atoms with van der Waals surface area (Å²) in [5, 5.41) is 11.3. The smallest absolute Gasteiger partial charge is 0.155 e. The minimum Gasteiger partial charge on any atom is -0.385 e. The van der Waals surface area contributed by atoms with Crippen molar-refractivity contribution < 1.29 is 9.90 Å². The molecule has 0 aromatic heterocycles. The van der Waals surface area contributed by atoms with Crippen LogP contribution in [0.25, 0.3) is 0 Å². The number of hydrogen-bond acceptors (Lipinski definition) is 2. The van der Waals surface area contributed by atoms with E-state index >= 15 is 0 Å². The lowest BCUT2D eigenvalue weighted by Gasteiger charge is -2.58. The van der Waals surface area contributed by atoms with Crippen LogP contribution in [0, 0.1) is 28.6 Å². The van der Waals surface area contributed by atoms with Crippen molar-refractivity contribution in [2.75, 3.05) is 0 Å². The maximum Gasteiger partial charge on any atom is 0.155 e. The number of fused-ring (bicyclic) bond motifs is 5. The first kappa shape index (κ1) is 17.3. The lowest BCUT2D eigenvalue weighted by Crippen LogP contribution is -2.54. The van der Waals surface area contributed by atoms with E-state index in [1.807, 2.05) is 10.2 Å². The van der Waals surface area contributed by atoms with Crippen LogP contribution in [0.15, 0.2) is 21.8 Å². The van der Waals surface area contributed by atoms with Crippen molar-refractivity contribution in [3.8, 4) is 0 Å². The van der Waals surface area contributed by atoms with E-state index in [1.54, 1.807) is 0 Å². The summed E-state index contributed by atoms with van der Waals surface area (Å²) < 4.78 is 2.01. The Hall–Kier alpha value is -0.160. The number of allylic oxidation sites excluding steroid dienone is 1. The third-order valence-electron chi connectivity index (χ3n) is 8.52. The van der Waals surface area contributed by atoms with Crippen LogP contribution in [0.1, 0.15) is 65.2 Å². The van der Waals surface area contributed by atoms with Crippen LogP contribution in [-0.4, -0.2) is 16.5 Å². The second-order valence-electron chi connectivity index (χ2n) is 9.18. The molecule has 0 amide bonds. The molecule has 0 bridgehead atoms. The first-order valence-corrected chi connectivity index (χ1v) is 10.8. The SMILES string of the molecule is C[C@]12CCC(=O)C=C1CC[C@@H]1[C@@H]2CC[C@@]2(C)[C@H]1CC[C@@]2(O)C=CI. The summed E-state index contributed by atoms with van der Waals surface area (Å²) in [7, 11) is 0. The fraction of sp³-hybridized carbons (Fsp3) is 0.762. The van der Waals surface area contributed by atoms with Crippen LogP contribution in [0.2, 0.25) is 0 Å². The standard InChI is InChI=1S/C21H29IO2/c1-19-8-5-15(23)13-14(19)3-4-16-17(19)6-9-20(2)18(16)7-10-21(20,24)11-12-22/h11-13,16-18,24H,3-10H2,1-2H3/t16-,17+,18+,19+,20+,21-/m1/s1. The molecular formula is C21H29IO2. The first-order valence-electron chi connectivity index (χ1n) is 9.58. The molecule has 4 rings (SSSR count). The molecule has 4 aliphatic carbocycles. The number of rotatable bonds is 1. The van der Waals surface area contributed by atoms with Crippen molar-refractivity contribution in [1.29, 1.82) is 0 Å². The van der Waals surface area contributed by atoms with Gasteiger partial charge in [-0.1, -0.05) is 42.0 Å². The molecule has 132 valence electrons. The average molecular weight is 440 g/mol. The Labute approximate surface area is 159 Å². The quantitative estimate of drug-likeness (QED) is 0.570. The number of aliphatic hydroxyl groups is 1. The topological polar surface area (TPSA) is 37.3 Å². The monoisotopic (exact) mass is 440 g/mol. The van der Waals surface area contributed by atoms with E-state index in [-0.39, 0.29) is 10.8 Å². The molecule has 0 aromatic carbocycles. The van der Waals surface area contributed by atoms with Crippen LogP contribution < -0.4 is 0 Å². The minimum absolute atomic E-state index is 0.0257. The number of halogens is 1. The normalized spacial score (nSPS) is 51.1. The van der Waals surface area contributed by atoms with E-state index in [2.05, 4.69) is 42.5 Å². The molecule has 4 aliphatic rings. The Morgan fingerprint density at radius 3 is 2.62 bits per heavy atom. The largest absolute Gasteiger partial charge is 0.385 e. The van der Waals surface area contributed by atoms with E-state index in [0.717, 1.165) is 44.4 Å². The zero-order chi connectivity index (χ0) is 17.2. The van der Waals surface area contributed by atoms with Crippen LogP contribution in [0.4, 0.5) is 0 Å². The van der Waals surface area contributed by atoms with Crippen LogP contribution in [0.5, 0.6) is 0 Å². The molecule has 0 spiro atoms. The van der Waals surface area contributed by atoms with Gasteiger partial charge in [0.25, 0.3) is 0 Å². The van der Waals surface area contributed by atoms with Gasteiger partial charge in [-0.25, -0.2) is 0 Å². The Morgan fingerprint density at radius 2 is 1.88 bits per heavy atom. The van der Waals surface area contributed by atoms with Gasteiger partial charge < -0.3 is 5.11 Å². The molecular weight excluding hydrogens is 411 g/mol. The lowest BCUT2D eigenvalue weighted by molar-refractivity contribution is -0.120. The van der Waals surface area contributed by atoms with Crippen molar-refractivity contribution in [2.24, 2.45) is 28.6 Å². The van der Waals surface area contributed by atoms with Gasteiger partial charge in [0.2, 0.25) is 0 Å². The highest BCUT2D eigenvalue weighted by molar-refractivity contribution is 14.1. The first-order chi connectivity index (χ1) is 11.3. The number of hydrogen-bond donors (Lipinski definition) is 1. The maximum absolute atomic E-state index is 11.9. The molecule has 3 saturated carbocycles. The highest BCUT2D eigenvalue weighted by Gasteiger charge is 2.63. The fourth-order valence-corrected chi connectivity index (χ4v) is 7.58. The summed E-state index contributed by atoms with van der Waals surface area (Å²) in [5.41, 5.74) is 1.07. The Morgan fingerprint density at radius 1 is 1.12 bits per heavy atom. The van der Waals surface area contributed by atoms with Gasteiger partial charge in [0, 0.05) is 11.8 Å². The Bertz CT molecular complexity index is 623. The molecule has 0 heterocycles. The van der Waals surface area contributed by atoms with Gasteiger partial charge in [-0.3, -0.25) is 4.79 Å². The van der Waals surface area contributed by atoms with E-state index < -0.39 is 5.60 Å². The molecule has 1 N–H and O–H groups in total. The molecule has 0 unspecified atom stereocenters. The molecule has 0 radical (unpaired) electrons. The van der Waals surface area contributed by atoms with E-state index in [4.69, 9.17) is 0 Å². The third kappa shape index (κ3) is 2.19. The van der Waals surface area contributed by atoms with Gasteiger partial charge in [-0.15, -0.1) is 0 Å². The van der Waals surface area contributed by atoms with Gasteiger partial charge >= 0.3 is 0 Å². The fourth-order valence-electron chi connectivity index (χ4n) is 6.99. The highest BCUT2D eigenvalue weighted by atomic mass is 127. The van der Waals surface area contributed by atoms with Crippen molar-refractivity contribution in [1.82, 2.24) is 0 Å². The number of carbonyl (C=O) groups is 1. The van der Waals surface area contributed by atoms with E-state index in [0.29, 0.717) is 17.6 Å².